The Hall–Kier alpha value is -2.42. The van der Waals surface area contributed by atoms with Gasteiger partial charge in [-0.25, -0.2) is 8.42 Å². The van der Waals surface area contributed by atoms with E-state index in [1.165, 1.54) is 28.6 Å². The maximum Gasteiger partial charge on any atom is 0.243 e. The van der Waals surface area contributed by atoms with E-state index >= 15 is 0 Å². The van der Waals surface area contributed by atoms with Crippen LogP contribution in [0, 0.1) is 5.92 Å². The quantitative estimate of drug-likeness (QED) is 0.677. The van der Waals surface area contributed by atoms with Gasteiger partial charge in [-0.3, -0.25) is 9.59 Å². The van der Waals surface area contributed by atoms with Crippen molar-refractivity contribution in [1.29, 1.82) is 0 Å². The summed E-state index contributed by atoms with van der Waals surface area (Å²) < 4.78 is 27.0. The highest BCUT2D eigenvalue weighted by atomic mass is 35.5. The standard InChI is InChI=1S/C21H24ClN3O4S/c22-18-8-10-19(11-9-18)30(28,29)25-12-4-7-17(15-25)21(27)24-14-20(26)23-13-16-5-2-1-3-6-16/h1-3,5-6,8-11,17H,4,7,12-15H2,(H,23,26)(H,24,27). The molecule has 2 amide bonds. The lowest BCUT2D eigenvalue weighted by Gasteiger charge is -2.31. The average molecular weight is 450 g/mol. The van der Waals surface area contributed by atoms with E-state index in [2.05, 4.69) is 10.6 Å². The van der Waals surface area contributed by atoms with E-state index in [0.29, 0.717) is 31.0 Å². The second kappa shape index (κ2) is 10.1. The molecule has 3 rings (SSSR count). The third-order valence-corrected chi connectivity index (χ3v) is 7.09. The van der Waals surface area contributed by atoms with Crippen LogP contribution in [0.25, 0.3) is 0 Å². The van der Waals surface area contributed by atoms with Crippen molar-refractivity contribution in [2.24, 2.45) is 5.92 Å². The first-order valence-corrected chi connectivity index (χ1v) is 11.5. The molecule has 1 aliphatic heterocycles. The van der Waals surface area contributed by atoms with E-state index in [1.54, 1.807) is 0 Å². The van der Waals surface area contributed by atoms with Gasteiger partial charge in [-0.15, -0.1) is 0 Å². The molecule has 1 heterocycles. The Bertz CT molecular complexity index is 981. The van der Waals surface area contributed by atoms with Gasteiger partial charge in [-0.05, 0) is 42.7 Å². The van der Waals surface area contributed by atoms with Crippen LogP contribution >= 0.6 is 11.6 Å². The van der Waals surface area contributed by atoms with Crippen LogP contribution in [0.5, 0.6) is 0 Å². The summed E-state index contributed by atoms with van der Waals surface area (Å²) in [5, 5.41) is 5.82. The third-order valence-electron chi connectivity index (χ3n) is 4.96. The Kier molecular flexibility index (Phi) is 7.47. The number of hydrogen-bond donors (Lipinski definition) is 2. The summed E-state index contributed by atoms with van der Waals surface area (Å²) in [4.78, 5) is 24.6. The molecule has 30 heavy (non-hydrogen) atoms. The van der Waals surface area contributed by atoms with Crippen molar-refractivity contribution in [1.82, 2.24) is 14.9 Å². The Morgan fingerprint density at radius 1 is 1.03 bits per heavy atom. The highest BCUT2D eigenvalue weighted by molar-refractivity contribution is 7.89. The van der Waals surface area contributed by atoms with Crippen molar-refractivity contribution in [3.8, 4) is 0 Å². The number of hydrogen-bond acceptors (Lipinski definition) is 4. The molecule has 1 fully saturated rings. The summed E-state index contributed by atoms with van der Waals surface area (Å²) in [6.07, 6.45) is 1.15. The minimum atomic E-state index is -3.70. The molecule has 0 spiro atoms. The summed E-state index contributed by atoms with van der Waals surface area (Å²) >= 11 is 5.84. The average Bonchev–Trinajstić information content (AvgIpc) is 2.77. The zero-order chi connectivity index (χ0) is 21.6. The Morgan fingerprint density at radius 3 is 2.43 bits per heavy atom. The lowest BCUT2D eigenvalue weighted by molar-refractivity contribution is -0.129. The van der Waals surface area contributed by atoms with E-state index in [4.69, 9.17) is 11.6 Å². The van der Waals surface area contributed by atoms with E-state index in [9.17, 15) is 18.0 Å². The summed E-state index contributed by atoms with van der Waals surface area (Å²) in [6, 6.07) is 15.4. The smallest absolute Gasteiger partial charge is 0.243 e. The van der Waals surface area contributed by atoms with Gasteiger partial charge in [0.2, 0.25) is 21.8 Å². The summed E-state index contributed by atoms with van der Waals surface area (Å²) in [5.41, 5.74) is 0.965. The van der Waals surface area contributed by atoms with Crippen LogP contribution in [0.3, 0.4) is 0 Å². The fourth-order valence-electron chi connectivity index (χ4n) is 3.30. The monoisotopic (exact) mass is 449 g/mol. The van der Waals surface area contributed by atoms with Crippen molar-refractivity contribution in [2.75, 3.05) is 19.6 Å². The maximum absolute atomic E-state index is 12.8. The Labute approximate surface area is 181 Å². The molecule has 0 saturated carbocycles. The number of piperidine rings is 1. The SMILES string of the molecule is O=C(CNC(=O)C1CCCN(S(=O)(=O)c2ccc(Cl)cc2)C1)NCc1ccccc1. The molecule has 2 aromatic rings. The number of nitrogens with zero attached hydrogens (tertiary/aromatic N) is 1. The fraction of sp³-hybridized carbons (Fsp3) is 0.333. The number of carbonyl (C=O) groups is 2. The van der Waals surface area contributed by atoms with E-state index in [-0.39, 0.29) is 29.8 Å². The number of nitrogens with one attached hydrogen (secondary N) is 2. The lowest BCUT2D eigenvalue weighted by atomic mass is 9.99. The molecular formula is C21H24ClN3O4S. The van der Waals surface area contributed by atoms with Crippen LogP contribution in [-0.4, -0.2) is 44.2 Å². The zero-order valence-electron chi connectivity index (χ0n) is 16.4. The van der Waals surface area contributed by atoms with Crippen LogP contribution in [-0.2, 0) is 26.2 Å². The van der Waals surface area contributed by atoms with E-state index in [1.807, 2.05) is 30.3 Å². The molecular weight excluding hydrogens is 426 g/mol. The van der Waals surface area contributed by atoms with Crippen molar-refractivity contribution >= 4 is 33.4 Å². The van der Waals surface area contributed by atoms with Gasteiger partial charge in [0, 0.05) is 24.7 Å². The first kappa shape index (κ1) is 22.3. The minimum absolute atomic E-state index is 0.0857. The van der Waals surface area contributed by atoms with Gasteiger partial charge < -0.3 is 10.6 Å². The highest BCUT2D eigenvalue weighted by Crippen LogP contribution is 2.24. The Morgan fingerprint density at radius 2 is 1.73 bits per heavy atom. The first-order chi connectivity index (χ1) is 14.4. The maximum atomic E-state index is 12.8. The van der Waals surface area contributed by atoms with E-state index < -0.39 is 15.9 Å². The molecule has 2 N–H and O–H groups in total. The predicted octanol–water partition coefficient (Wildman–Crippen LogP) is 2.17. The van der Waals surface area contributed by atoms with Crippen LogP contribution in [0.1, 0.15) is 18.4 Å². The number of carbonyl (C=O) groups excluding carboxylic acids is 2. The topological polar surface area (TPSA) is 95.6 Å². The zero-order valence-corrected chi connectivity index (χ0v) is 18.0. The highest BCUT2D eigenvalue weighted by Gasteiger charge is 2.33. The fourth-order valence-corrected chi connectivity index (χ4v) is 4.95. The molecule has 9 heteroatoms. The Balaban J connectivity index is 1.51. The number of halogens is 1. The molecule has 1 unspecified atom stereocenters. The van der Waals surface area contributed by atoms with Crippen molar-refractivity contribution in [3.63, 3.8) is 0 Å². The number of amides is 2. The molecule has 160 valence electrons. The molecule has 0 radical (unpaired) electrons. The summed E-state index contributed by atoms with van der Waals surface area (Å²) in [7, 11) is -3.70. The van der Waals surface area contributed by atoms with Crippen LogP contribution in [0.2, 0.25) is 5.02 Å². The van der Waals surface area contributed by atoms with Crippen LogP contribution in [0.4, 0.5) is 0 Å². The van der Waals surface area contributed by atoms with Gasteiger partial charge in [-0.1, -0.05) is 41.9 Å². The third kappa shape index (κ3) is 5.81. The summed E-state index contributed by atoms with van der Waals surface area (Å²) in [5.74, 6) is -1.11. The predicted molar refractivity (Wildman–Crippen MR) is 114 cm³/mol. The number of benzene rings is 2. The number of rotatable bonds is 7. The molecule has 1 aliphatic rings. The van der Waals surface area contributed by atoms with Crippen molar-refractivity contribution in [2.45, 2.75) is 24.3 Å². The van der Waals surface area contributed by atoms with Gasteiger partial charge in [0.05, 0.1) is 17.4 Å². The van der Waals surface area contributed by atoms with Crippen LogP contribution in [0.15, 0.2) is 59.5 Å². The van der Waals surface area contributed by atoms with E-state index in [0.717, 1.165) is 5.56 Å². The van der Waals surface area contributed by atoms with Gasteiger partial charge in [0.15, 0.2) is 0 Å². The largest absolute Gasteiger partial charge is 0.350 e. The van der Waals surface area contributed by atoms with Gasteiger partial charge in [0.25, 0.3) is 0 Å². The van der Waals surface area contributed by atoms with Gasteiger partial charge in [0.1, 0.15) is 0 Å². The molecule has 0 aromatic heterocycles. The molecule has 7 nitrogen and oxygen atoms in total. The van der Waals surface area contributed by atoms with Gasteiger partial charge in [-0.2, -0.15) is 4.31 Å². The molecule has 1 atom stereocenters. The second-order valence-electron chi connectivity index (χ2n) is 7.14. The normalized spacial score (nSPS) is 17.3. The first-order valence-electron chi connectivity index (χ1n) is 9.70. The molecule has 0 aliphatic carbocycles. The number of sulfonamides is 1. The van der Waals surface area contributed by atoms with Crippen LogP contribution < -0.4 is 10.6 Å². The second-order valence-corrected chi connectivity index (χ2v) is 9.51. The van der Waals surface area contributed by atoms with Crippen molar-refractivity contribution in [3.05, 3.63) is 65.2 Å². The van der Waals surface area contributed by atoms with Gasteiger partial charge >= 0.3 is 0 Å². The molecule has 2 aromatic carbocycles. The summed E-state index contributed by atoms with van der Waals surface area (Å²) in [6.45, 7) is 0.674. The minimum Gasteiger partial charge on any atom is -0.350 e. The lowest BCUT2D eigenvalue weighted by Crippen LogP contribution is -2.47. The molecule has 0 bridgehead atoms. The molecule has 1 saturated heterocycles. The van der Waals surface area contributed by atoms with Crippen molar-refractivity contribution < 1.29 is 18.0 Å².